The Bertz CT molecular complexity index is 497. The Kier molecular flexibility index (Phi) is 3.79. The Hall–Kier alpha value is -1.79. The van der Waals surface area contributed by atoms with Crippen molar-refractivity contribution in [2.24, 2.45) is 5.73 Å². The molecule has 2 rings (SSSR count). The second-order valence-electron chi connectivity index (χ2n) is 3.47. The van der Waals surface area contributed by atoms with Crippen LogP contribution in [0.2, 0.25) is 0 Å². The molecule has 0 radical (unpaired) electrons. The van der Waals surface area contributed by atoms with Crippen LogP contribution in [0.25, 0.3) is 0 Å². The minimum atomic E-state index is -0.386. The number of nitrogens with one attached hydrogen (secondary N) is 1. The lowest BCUT2D eigenvalue weighted by Crippen LogP contribution is -2.13. The summed E-state index contributed by atoms with van der Waals surface area (Å²) in [5.74, 6) is -0.386. The van der Waals surface area contributed by atoms with Crippen molar-refractivity contribution in [1.82, 2.24) is 15.3 Å². The zero-order valence-electron chi connectivity index (χ0n) is 9.09. The van der Waals surface area contributed by atoms with Crippen LogP contribution in [0, 0.1) is 0 Å². The van der Waals surface area contributed by atoms with Crippen LogP contribution in [0.4, 0.5) is 0 Å². The highest BCUT2D eigenvalue weighted by Gasteiger charge is 2.04. The molecule has 2 aromatic rings. The Morgan fingerprint density at radius 3 is 3.00 bits per heavy atom. The van der Waals surface area contributed by atoms with Crippen molar-refractivity contribution in [3.63, 3.8) is 0 Å². The highest BCUT2D eigenvalue weighted by molar-refractivity contribution is 7.10. The lowest BCUT2D eigenvalue weighted by atomic mass is 10.3. The van der Waals surface area contributed by atoms with Gasteiger partial charge in [0.1, 0.15) is 6.33 Å². The number of carbonyl (C=O) groups is 1. The quantitative estimate of drug-likeness (QED) is 0.824. The van der Waals surface area contributed by atoms with Gasteiger partial charge in [0.05, 0.1) is 11.3 Å². The van der Waals surface area contributed by atoms with E-state index in [1.165, 1.54) is 17.7 Å². The molecule has 0 bridgehead atoms. The number of rotatable bonds is 5. The smallest absolute Gasteiger partial charge is 0.249 e. The van der Waals surface area contributed by atoms with E-state index in [2.05, 4.69) is 15.3 Å². The number of amides is 1. The molecule has 0 fully saturated rings. The van der Waals surface area contributed by atoms with E-state index in [4.69, 9.17) is 5.73 Å². The average Bonchev–Trinajstić information content (AvgIpc) is 2.79. The van der Waals surface area contributed by atoms with Crippen LogP contribution in [0.5, 0.6) is 0 Å². The van der Waals surface area contributed by atoms with Crippen LogP contribution in [-0.4, -0.2) is 15.9 Å². The van der Waals surface area contributed by atoms with Gasteiger partial charge in [0, 0.05) is 29.5 Å². The van der Waals surface area contributed by atoms with E-state index in [1.807, 2.05) is 6.07 Å². The van der Waals surface area contributed by atoms with Gasteiger partial charge in [-0.3, -0.25) is 4.79 Å². The van der Waals surface area contributed by atoms with Gasteiger partial charge in [0.2, 0.25) is 5.91 Å². The van der Waals surface area contributed by atoms with E-state index in [1.54, 1.807) is 17.6 Å². The minimum absolute atomic E-state index is 0.386. The standard InChI is InChI=1S/C11H12N4OS/c12-11(16)8-3-10(17-6-8)5-14-4-9-1-2-13-7-15-9/h1-3,6-7,14H,4-5H2,(H2,12,16). The number of carbonyl (C=O) groups excluding carboxylic acids is 1. The lowest BCUT2D eigenvalue weighted by molar-refractivity contribution is 0.100. The Morgan fingerprint density at radius 2 is 2.35 bits per heavy atom. The van der Waals surface area contributed by atoms with Crippen molar-refractivity contribution >= 4 is 17.2 Å². The summed E-state index contributed by atoms with van der Waals surface area (Å²) in [6.45, 7) is 1.37. The number of hydrogen-bond donors (Lipinski definition) is 2. The summed E-state index contributed by atoms with van der Waals surface area (Å²) in [5, 5.41) is 5.01. The maximum Gasteiger partial charge on any atom is 0.249 e. The maximum absolute atomic E-state index is 10.9. The molecule has 5 nitrogen and oxygen atoms in total. The highest BCUT2D eigenvalue weighted by atomic mass is 32.1. The summed E-state index contributed by atoms with van der Waals surface area (Å²) in [6, 6.07) is 3.66. The molecule has 0 aliphatic heterocycles. The van der Waals surface area contributed by atoms with Crippen LogP contribution in [0.1, 0.15) is 20.9 Å². The zero-order valence-corrected chi connectivity index (χ0v) is 9.91. The first kappa shape index (κ1) is 11.7. The van der Waals surface area contributed by atoms with Crippen LogP contribution < -0.4 is 11.1 Å². The molecule has 3 N–H and O–H groups in total. The SMILES string of the molecule is NC(=O)c1csc(CNCc2ccncn2)c1. The molecule has 6 heteroatoms. The van der Waals surface area contributed by atoms with E-state index in [0.717, 1.165) is 10.6 Å². The summed E-state index contributed by atoms with van der Waals surface area (Å²) in [4.78, 5) is 19.9. The summed E-state index contributed by atoms with van der Waals surface area (Å²) in [7, 11) is 0. The summed E-state index contributed by atoms with van der Waals surface area (Å²) >= 11 is 1.52. The van der Waals surface area contributed by atoms with Gasteiger partial charge < -0.3 is 11.1 Å². The first-order chi connectivity index (χ1) is 8.25. The zero-order chi connectivity index (χ0) is 12.1. The third-order valence-corrected chi connectivity index (χ3v) is 3.12. The number of primary amides is 1. The summed E-state index contributed by atoms with van der Waals surface area (Å²) in [5.41, 5.74) is 6.68. The first-order valence-electron chi connectivity index (χ1n) is 5.08. The van der Waals surface area contributed by atoms with Gasteiger partial charge in [-0.05, 0) is 12.1 Å². The molecule has 0 unspecified atom stereocenters. The van der Waals surface area contributed by atoms with Crippen LogP contribution >= 0.6 is 11.3 Å². The normalized spacial score (nSPS) is 10.4. The lowest BCUT2D eigenvalue weighted by Gasteiger charge is -2.01. The van der Waals surface area contributed by atoms with E-state index in [-0.39, 0.29) is 5.91 Å². The van der Waals surface area contributed by atoms with Gasteiger partial charge in [-0.1, -0.05) is 0 Å². The molecule has 0 atom stereocenters. The van der Waals surface area contributed by atoms with Crippen molar-refractivity contribution < 1.29 is 4.79 Å². The molecule has 0 saturated carbocycles. The van der Waals surface area contributed by atoms with Crippen LogP contribution in [0.15, 0.2) is 30.0 Å². The van der Waals surface area contributed by atoms with E-state index >= 15 is 0 Å². The van der Waals surface area contributed by atoms with Crippen molar-refractivity contribution in [3.8, 4) is 0 Å². The largest absolute Gasteiger partial charge is 0.366 e. The summed E-state index contributed by atoms with van der Waals surface area (Å²) < 4.78 is 0. The molecular weight excluding hydrogens is 236 g/mol. The van der Waals surface area contributed by atoms with E-state index in [9.17, 15) is 4.79 Å². The van der Waals surface area contributed by atoms with E-state index < -0.39 is 0 Å². The van der Waals surface area contributed by atoms with Crippen LogP contribution in [-0.2, 0) is 13.1 Å². The third-order valence-electron chi connectivity index (χ3n) is 2.19. The van der Waals surface area contributed by atoms with Crippen molar-refractivity contribution in [2.75, 3.05) is 0 Å². The van der Waals surface area contributed by atoms with Gasteiger partial charge in [-0.2, -0.15) is 0 Å². The molecule has 88 valence electrons. The third kappa shape index (κ3) is 3.33. The highest BCUT2D eigenvalue weighted by Crippen LogP contribution is 2.13. The van der Waals surface area contributed by atoms with Crippen molar-refractivity contribution in [2.45, 2.75) is 13.1 Å². The van der Waals surface area contributed by atoms with Gasteiger partial charge in [0.25, 0.3) is 0 Å². The molecule has 0 saturated heterocycles. The first-order valence-corrected chi connectivity index (χ1v) is 5.96. The van der Waals surface area contributed by atoms with Crippen LogP contribution in [0.3, 0.4) is 0 Å². The second-order valence-corrected chi connectivity index (χ2v) is 4.47. The predicted octanol–water partition coefficient (Wildman–Crippen LogP) is 0.927. The predicted molar refractivity (Wildman–Crippen MR) is 65.4 cm³/mol. The second kappa shape index (κ2) is 5.51. The van der Waals surface area contributed by atoms with E-state index in [0.29, 0.717) is 18.7 Å². The minimum Gasteiger partial charge on any atom is -0.366 e. The van der Waals surface area contributed by atoms with Gasteiger partial charge in [-0.15, -0.1) is 11.3 Å². The number of nitrogens with zero attached hydrogens (tertiary/aromatic N) is 2. The fraction of sp³-hybridized carbons (Fsp3) is 0.182. The molecule has 0 aliphatic rings. The molecule has 2 heterocycles. The molecule has 1 amide bonds. The topological polar surface area (TPSA) is 80.9 Å². The maximum atomic E-state index is 10.9. The van der Waals surface area contributed by atoms with Crippen molar-refractivity contribution in [3.05, 3.63) is 46.2 Å². The fourth-order valence-corrected chi connectivity index (χ4v) is 2.18. The number of hydrogen-bond acceptors (Lipinski definition) is 5. The Balaban J connectivity index is 1.84. The molecule has 2 aromatic heterocycles. The molecule has 17 heavy (non-hydrogen) atoms. The van der Waals surface area contributed by atoms with Gasteiger partial charge >= 0.3 is 0 Å². The summed E-state index contributed by atoms with van der Waals surface area (Å²) in [6.07, 6.45) is 3.23. The molecular formula is C11H12N4OS. The van der Waals surface area contributed by atoms with Gasteiger partial charge in [-0.25, -0.2) is 9.97 Å². The Morgan fingerprint density at radius 1 is 1.47 bits per heavy atom. The van der Waals surface area contributed by atoms with Crippen molar-refractivity contribution in [1.29, 1.82) is 0 Å². The average molecular weight is 248 g/mol. The molecule has 0 spiro atoms. The molecule has 0 aliphatic carbocycles. The number of aromatic nitrogens is 2. The van der Waals surface area contributed by atoms with Gasteiger partial charge in [0.15, 0.2) is 0 Å². The monoisotopic (exact) mass is 248 g/mol. The number of thiophene rings is 1. The fourth-order valence-electron chi connectivity index (χ4n) is 1.34. The molecule has 0 aromatic carbocycles. The number of nitrogens with two attached hydrogens (primary N) is 1. The Labute approximate surface area is 103 Å².